The van der Waals surface area contributed by atoms with Crippen molar-refractivity contribution in [2.75, 3.05) is 19.8 Å². The van der Waals surface area contributed by atoms with Crippen LogP contribution in [0.4, 0.5) is 4.39 Å². The second-order valence-electron chi connectivity index (χ2n) is 3.23. The van der Waals surface area contributed by atoms with Crippen LogP contribution < -0.4 is 4.74 Å². The largest absolute Gasteiger partial charge is 0.487 e. The minimum absolute atomic E-state index is 0.171. The zero-order valence-electron chi connectivity index (χ0n) is 9.91. The van der Waals surface area contributed by atoms with Crippen LogP contribution in [0.25, 0.3) is 0 Å². The molecule has 0 amide bonds. The monoisotopic (exact) mass is 262 g/mol. The number of halogens is 2. The summed E-state index contributed by atoms with van der Waals surface area (Å²) in [5, 5.41) is 0.359. The Morgan fingerprint density at radius 2 is 1.88 bits per heavy atom. The quantitative estimate of drug-likeness (QED) is 0.706. The third-order valence-corrected chi connectivity index (χ3v) is 2.29. The lowest BCUT2D eigenvalue weighted by Gasteiger charge is -2.17. The van der Waals surface area contributed by atoms with E-state index in [0.717, 1.165) is 0 Å². The van der Waals surface area contributed by atoms with Gasteiger partial charge in [-0.1, -0.05) is 11.6 Å². The maximum atomic E-state index is 13.0. The average molecular weight is 263 g/mol. The SMILES string of the molecule is CCOC(COc1cc(F)ccc1Cl)OCC. The van der Waals surface area contributed by atoms with E-state index in [4.69, 9.17) is 25.8 Å². The third-order valence-electron chi connectivity index (χ3n) is 1.97. The van der Waals surface area contributed by atoms with Gasteiger partial charge >= 0.3 is 0 Å². The highest BCUT2D eigenvalue weighted by atomic mass is 35.5. The summed E-state index contributed by atoms with van der Waals surface area (Å²) in [5.74, 6) is -0.107. The number of rotatable bonds is 7. The minimum Gasteiger partial charge on any atom is -0.487 e. The fourth-order valence-corrected chi connectivity index (χ4v) is 1.43. The van der Waals surface area contributed by atoms with Crippen molar-refractivity contribution in [3.8, 4) is 5.75 Å². The van der Waals surface area contributed by atoms with Crippen LogP contribution in [0.15, 0.2) is 18.2 Å². The second kappa shape index (κ2) is 7.48. The Morgan fingerprint density at radius 3 is 2.47 bits per heavy atom. The molecule has 0 radical (unpaired) electrons. The van der Waals surface area contributed by atoms with Gasteiger partial charge in [-0.25, -0.2) is 4.39 Å². The Morgan fingerprint density at radius 1 is 1.24 bits per heavy atom. The van der Waals surface area contributed by atoms with Gasteiger partial charge in [-0.05, 0) is 26.0 Å². The first kappa shape index (κ1) is 14.2. The van der Waals surface area contributed by atoms with Gasteiger partial charge in [0.05, 0.1) is 5.02 Å². The Hall–Kier alpha value is -0.840. The molecule has 0 heterocycles. The Balaban J connectivity index is 2.55. The van der Waals surface area contributed by atoms with E-state index < -0.39 is 12.1 Å². The molecule has 0 atom stereocenters. The molecule has 0 aliphatic carbocycles. The maximum Gasteiger partial charge on any atom is 0.191 e. The third kappa shape index (κ3) is 4.89. The van der Waals surface area contributed by atoms with E-state index in [2.05, 4.69) is 0 Å². The number of benzene rings is 1. The first-order chi connectivity index (χ1) is 8.17. The zero-order valence-corrected chi connectivity index (χ0v) is 10.7. The van der Waals surface area contributed by atoms with Crippen molar-refractivity contribution in [3.63, 3.8) is 0 Å². The molecule has 0 aliphatic rings. The van der Waals surface area contributed by atoms with Crippen molar-refractivity contribution < 1.29 is 18.6 Å². The maximum absolute atomic E-state index is 13.0. The highest BCUT2D eigenvalue weighted by molar-refractivity contribution is 6.32. The molecular formula is C12H16ClFO3. The van der Waals surface area contributed by atoms with Crippen molar-refractivity contribution in [2.24, 2.45) is 0 Å². The average Bonchev–Trinajstić information content (AvgIpc) is 2.30. The predicted octanol–water partition coefficient (Wildman–Crippen LogP) is 3.26. The summed E-state index contributed by atoms with van der Waals surface area (Å²) in [5.41, 5.74) is 0. The normalized spacial score (nSPS) is 10.9. The number of hydrogen-bond acceptors (Lipinski definition) is 3. The van der Waals surface area contributed by atoms with Crippen LogP contribution >= 0.6 is 11.6 Å². The molecule has 0 saturated heterocycles. The van der Waals surface area contributed by atoms with Crippen molar-refractivity contribution in [2.45, 2.75) is 20.1 Å². The molecule has 1 aromatic carbocycles. The summed E-state index contributed by atoms with van der Waals surface area (Å²) in [7, 11) is 0. The lowest BCUT2D eigenvalue weighted by atomic mass is 10.3. The van der Waals surface area contributed by atoms with Crippen molar-refractivity contribution in [3.05, 3.63) is 29.0 Å². The van der Waals surface area contributed by atoms with Crippen molar-refractivity contribution >= 4 is 11.6 Å². The van der Waals surface area contributed by atoms with E-state index in [1.807, 2.05) is 13.8 Å². The smallest absolute Gasteiger partial charge is 0.191 e. The second-order valence-corrected chi connectivity index (χ2v) is 3.63. The number of ether oxygens (including phenoxy) is 3. The van der Waals surface area contributed by atoms with Crippen LogP contribution in [-0.4, -0.2) is 26.1 Å². The van der Waals surface area contributed by atoms with Crippen molar-refractivity contribution in [1.82, 2.24) is 0 Å². The summed E-state index contributed by atoms with van der Waals surface area (Å²) < 4.78 is 28.9. The fourth-order valence-electron chi connectivity index (χ4n) is 1.26. The first-order valence-corrected chi connectivity index (χ1v) is 5.86. The summed E-state index contributed by atoms with van der Waals surface area (Å²) in [4.78, 5) is 0. The van der Waals surface area contributed by atoms with E-state index in [-0.39, 0.29) is 12.4 Å². The Kier molecular flexibility index (Phi) is 6.26. The van der Waals surface area contributed by atoms with Gasteiger partial charge in [0.1, 0.15) is 18.2 Å². The summed E-state index contributed by atoms with van der Waals surface area (Å²) in [6.07, 6.45) is -0.468. The van der Waals surface area contributed by atoms with E-state index >= 15 is 0 Å². The van der Waals surface area contributed by atoms with Gasteiger partial charge in [-0.3, -0.25) is 0 Å². The van der Waals surface area contributed by atoms with Crippen LogP contribution in [0.3, 0.4) is 0 Å². The minimum atomic E-state index is -0.468. The molecule has 3 nitrogen and oxygen atoms in total. The molecule has 5 heteroatoms. The Labute approximate surface area is 105 Å². The molecular weight excluding hydrogens is 247 g/mol. The highest BCUT2D eigenvalue weighted by Gasteiger charge is 2.10. The molecule has 0 spiro atoms. The Bertz CT molecular complexity index is 341. The summed E-state index contributed by atoms with van der Waals surface area (Å²) >= 11 is 5.86. The van der Waals surface area contributed by atoms with Crippen molar-refractivity contribution in [1.29, 1.82) is 0 Å². The van der Waals surface area contributed by atoms with Crippen LogP contribution in [0.1, 0.15) is 13.8 Å². The molecule has 0 fully saturated rings. The summed E-state index contributed by atoms with van der Waals surface area (Å²) in [6.45, 7) is 4.93. The predicted molar refractivity (Wildman–Crippen MR) is 63.9 cm³/mol. The van der Waals surface area contributed by atoms with Crippen LogP contribution in [-0.2, 0) is 9.47 Å². The first-order valence-electron chi connectivity index (χ1n) is 5.48. The molecule has 0 saturated carbocycles. The molecule has 0 aromatic heterocycles. The van der Waals surface area contributed by atoms with E-state index in [1.54, 1.807) is 0 Å². The van der Waals surface area contributed by atoms with E-state index in [9.17, 15) is 4.39 Å². The molecule has 0 unspecified atom stereocenters. The molecule has 0 N–H and O–H groups in total. The molecule has 1 aromatic rings. The van der Waals surface area contributed by atoms with Gasteiger partial charge in [0, 0.05) is 19.3 Å². The molecule has 0 bridgehead atoms. The van der Waals surface area contributed by atoms with Gasteiger partial charge in [-0.2, -0.15) is 0 Å². The fraction of sp³-hybridized carbons (Fsp3) is 0.500. The lowest BCUT2D eigenvalue weighted by Crippen LogP contribution is -2.25. The van der Waals surface area contributed by atoms with Gasteiger partial charge in [0.25, 0.3) is 0 Å². The zero-order chi connectivity index (χ0) is 12.7. The van der Waals surface area contributed by atoms with Crippen LogP contribution in [0.2, 0.25) is 5.02 Å². The molecule has 17 heavy (non-hydrogen) atoms. The topological polar surface area (TPSA) is 27.7 Å². The molecule has 96 valence electrons. The van der Waals surface area contributed by atoms with E-state index in [0.29, 0.717) is 18.2 Å². The van der Waals surface area contributed by atoms with Gasteiger partial charge < -0.3 is 14.2 Å². The highest BCUT2D eigenvalue weighted by Crippen LogP contribution is 2.25. The summed E-state index contributed by atoms with van der Waals surface area (Å²) in [6, 6.07) is 3.96. The van der Waals surface area contributed by atoms with Gasteiger partial charge in [0.2, 0.25) is 0 Å². The van der Waals surface area contributed by atoms with E-state index in [1.165, 1.54) is 18.2 Å². The standard InChI is InChI=1S/C12H16ClFO3/c1-3-15-12(16-4-2)8-17-11-7-9(14)5-6-10(11)13/h5-7,12H,3-4,8H2,1-2H3. The molecule has 1 rings (SSSR count). The van der Waals surface area contributed by atoms with Gasteiger partial charge in [-0.15, -0.1) is 0 Å². The van der Waals surface area contributed by atoms with Gasteiger partial charge in [0.15, 0.2) is 6.29 Å². The molecule has 0 aliphatic heterocycles. The number of hydrogen-bond donors (Lipinski definition) is 0. The van der Waals surface area contributed by atoms with Crippen LogP contribution in [0.5, 0.6) is 5.75 Å². The lowest BCUT2D eigenvalue weighted by molar-refractivity contribution is -0.152. The van der Waals surface area contributed by atoms with Crippen LogP contribution in [0, 0.1) is 5.82 Å².